The molecule has 0 radical (unpaired) electrons. The van der Waals surface area contributed by atoms with Gasteiger partial charge in [-0.05, 0) is 67.7 Å². The summed E-state index contributed by atoms with van der Waals surface area (Å²) in [5, 5.41) is 32.3. The molecule has 9 heteroatoms. The van der Waals surface area contributed by atoms with Crippen LogP contribution in [0.2, 0.25) is 0 Å². The average Bonchev–Trinajstić information content (AvgIpc) is 3.39. The van der Waals surface area contributed by atoms with E-state index in [1.165, 1.54) is 23.8 Å². The summed E-state index contributed by atoms with van der Waals surface area (Å²) < 4.78 is 0. The Labute approximate surface area is 205 Å². The Kier molecular flexibility index (Phi) is 8.29. The second-order valence-electron chi connectivity index (χ2n) is 9.10. The maximum Gasteiger partial charge on any atom is 0.291 e. The quantitative estimate of drug-likeness (QED) is 0.225. The topological polar surface area (TPSA) is 141 Å². The molecule has 1 aliphatic carbocycles. The number of anilines is 1. The molecule has 1 aromatic carbocycles. The summed E-state index contributed by atoms with van der Waals surface area (Å²) in [5.41, 5.74) is 4.60. The molecule has 9 nitrogen and oxygen atoms in total. The van der Waals surface area contributed by atoms with Gasteiger partial charge in [0.2, 0.25) is 0 Å². The van der Waals surface area contributed by atoms with Crippen LogP contribution >= 0.6 is 0 Å². The van der Waals surface area contributed by atoms with Crippen molar-refractivity contribution >= 4 is 23.0 Å². The van der Waals surface area contributed by atoms with Crippen molar-refractivity contribution in [3.05, 3.63) is 53.1 Å². The number of hydrogen-bond acceptors (Lipinski definition) is 6. The number of amides is 1. The van der Waals surface area contributed by atoms with Crippen molar-refractivity contribution in [1.29, 1.82) is 10.7 Å². The van der Waals surface area contributed by atoms with Gasteiger partial charge < -0.3 is 25.6 Å². The summed E-state index contributed by atoms with van der Waals surface area (Å²) in [4.78, 5) is 21.6. The molecule has 5 N–H and O–H groups in total. The van der Waals surface area contributed by atoms with Crippen molar-refractivity contribution in [2.24, 2.45) is 0 Å². The van der Waals surface area contributed by atoms with E-state index >= 15 is 0 Å². The Morgan fingerprint density at radius 3 is 2.83 bits per heavy atom. The molecule has 184 valence electrons. The van der Waals surface area contributed by atoms with Gasteiger partial charge in [0, 0.05) is 30.9 Å². The lowest BCUT2D eigenvalue weighted by molar-refractivity contribution is 0.101. The lowest BCUT2D eigenvalue weighted by atomic mass is 9.85. The van der Waals surface area contributed by atoms with Gasteiger partial charge in [-0.15, -0.1) is 0 Å². The van der Waals surface area contributed by atoms with Gasteiger partial charge in [0.15, 0.2) is 5.82 Å². The number of piperidine rings is 1. The molecular formula is C26H33N7O2. The van der Waals surface area contributed by atoms with E-state index in [2.05, 4.69) is 43.7 Å². The lowest BCUT2D eigenvalue weighted by Gasteiger charge is -2.34. The first kappa shape index (κ1) is 24.6. The van der Waals surface area contributed by atoms with E-state index in [4.69, 9.17) is 15.8 Å². The van der Waals surface area contributed by atoms with Crippen LogP contribution in [0.5, 0.6) is 0 Å². The first-order chi connectivity index (χ1) is 17.1. The Morgan fingerprint density at radius 2 is 2.14 bits per heavy atom. The lowest BCUT2D eigenvalue weighted by Crippen LogP contribution is -2.42. The van der Waals surface area contributed by atoms with Crippen LogP contribution in [0.3, 0.4) is 0 Å². The summed E-state index contributed by atoms with van der Waals surface area (Å²) in [6, 6.07) is 8.27. The summed E-state index contributed by atoms with van der Waals surface area (Å²) >= 11 is 0. The van der Waals surface area contributed by atoms with Crippen molar-refractivity contribution in [2.45, 2.75) is 44.4 Å². The number of nitrogens with one attached hydrogen (secondary N) is 4. The Balaban J connectivity index is 1.48. The maximum atomic E-state index is 12.8. The molecule has 1 saturated heterocycles. The van der Waals surface area contributed by atoms with E-state index in [1.54, 1.807) is 0 Å². The molecule has 0 atom stereocenters. The zero-order chi connectivity index (χ0) is 24.6. The van der Waals surface area contributed by atoms with Gasteiger partial charge in [-0.3, -0.25) is 10.2 Å². The van der Waals surface area contributed by atoms with Gasteiger partial charge in [-0.1, -0.05) is 12.1 Å². The van der Waals surface area contributed by atoms with Gasteiger partial charge in [0.1, 0.15) is 17.6 Å². The third kappa shape index (κ3) is 6.15. The number of aliphatic hydroxyl groups is 1. The number of aliphatic hydroxyl groups excluding tert-OH is 1. The van der Waals surface area contributed by atoms with E-state index in [0.29, 0.717) is 24.8 Å². The van der Waals surface area contributed by atoms with Gasteiger partial charge >= 0.3 is 0 Å². The SMILES string of the molecule is N#Cc1cnc(C(=O)Nc2ccc(C3CCN(C(=N)CNCCO)CC3)cc2C2=CCCCC2)[nH]1. The van der Waals surface area contributed by atoms with E-state index in [-0.39, 0.29) is 24.0 Å². The predicted octanol–water partition coefficient (Wildman–Crippen LogP) is 3.23. The molecule has 2 heterocycles. The molecule has 2 aromatic rings. The molecule has 1 aliphatic heterocycles. The van der Waals surface area contributed by atoms with Crippen molar-refractivity contribution in [3.63, 3.8) is 0 Å². The number of nitriles is 1. The van der Waals surface area contributed by atoms with Crippen molar-refractivity contribution in [1.82, 2.24) is 20.2 Å². The molecule has 0 spiro atoms. The molecule has 4 rings (SSSR count). The highest BCUT2D eigenvalue weighted by molar-refractivity contribution is 6.03. The zero-order valence-electron chi connectivity index (χ0n) is 19.9. The zero-order valence-corrected chi connectivity index (χ0v) is 19.9. The van der Waals surface area contributed by atoms with E-state index in [9.17, 15) is 4.79 Å². The molecule has 0 unspecified atom stereocenters. The smallest absolute Gasteiger partial charge is 0.291 e. The summed E-state index contributed by atoms with van der Waals surface area (Å²) in [6.45, 7) is 2.72. The van der Waals surface area contributed by atoms with Crippen LogP contribution < -0.4 is 10.6 Å². The second-order valence-corrected chi connectivity index (χ2v) is 9.10. The fraction of sp³-hybridized carbons (Fsp3) is 0.462. The molecule has 1 aromatic heterocycles. The first-order valence-electron chi connectivity index (χ1n) is 12.3. The van der Waals surface area contributed by atoms with Crippen molar-refractivity contribution in [3.8, 4) is 6.07 Å². The van der Waals surface area contributed by atoms with Gasteiger partial charge in [0.05, 0.1) is 19.3 Å². The summed E-state index contributed by atoms with van der Waals surface area (Å²) in [7, 11) is 0. The van der Waals surface area contributed by atoms with Crippen LogP contribution in [0.25, 0.3) is 5.57 Å². The standard InChI is InChI=1S/C26H33N7O2/c27-15-21-16-30-25(31-21)26(35)32-23-7-6-20(14-22(23)19-4-2-1-3-5-19)18-8-11-33(12-9-18)24(28)17-29-10-13-34/h4,6-7,14,16,18,28-29,34H,1-3,5,8-13,17H2,(H,30,31)(H,32,35). The highest BCUT2D eigenvalue weighted by Crippen LogP contribution is 2.36. The summed E-state index contributed by atoms with van der Waals surface area (Å²) in [6.07, 6.45) is 9.93. The highest BCUT2D eigenvalue weighted by atomic mass is 16.3. The molecule has 35 heavy (non-hydrogen) atoms. The first-order valence-corrected chi connectivity index (χ1v) is 12.3. The third-order valence-electron chi connectivity index (χ3n) is 6.77. The Bertz CT molecular complexity index is 1120. The summed E-state index contributed by atoms with van der Waals surface area (Å²) in [5.74, 6) is 0.733. The fourth-order valence-electron chi connectivity index (χ4n) is 4.83. The molecule has 1 amide bonds. The van der Waals surface area contributed by atoms with Crippen LogP contribution in [0.15, 0.2) is 30.5 Å². The van der Waals surface area contributed by atoms with Gasteiger partial charge in [0.25, 0.3) is 5.91 Å². The molecular weight excluding hydrogens is 442 g/mol. The molecule has 2 aliphatic rings. The molecule has 0 saturated carbocycles. The number of likely N-dealkylation sites (tertiary alicyclic amines) is 1. The van der Waals surface area contributed by atoms with Crippen LogP contribution in [0, 0.1) is 16.7 Å². The average molecular weight is 476 g/mol. The fourth-order valence-corrected chi connectivity index (χ4v) is 4.83. The number of H-pyrrole nitrogens is 1. The van der Waals surface area contributed by atoms with Crippen LogP contribution in [-0.2, 0) is 0 Å². The maximum absolute atomic E-state index is 12.8. The minimum atomic E-state index is -0.362. The highest BCUT2D eigenvalue weighted by Gasteiger charge is 2.24. The number of aromatic nitrogens is 2. The number of carbonyl (C=O) groups excluding carboxylic acids is 1. The monoisotopic (exact) mass is 475 g/mol. The minimum Gasteiger partial charge on any atom is -0.395 e. The molecule has 0 bridgehead atoms. The normalized spacial score (nSPS) is 16.5. The number of rotatable bonds is 8. The number of nitrogens with zero attached hydrogens (tertiary/aromatic N) is 3. The second kappa shape index (κ2) is 11.8. The number of imidazole rings is 1. The Hall–Kier alpha value is -3.48. The van der Waals surface area contributed by atoms with E-state index in [0.717, 1.165) is 56.4 Å². The van der Waals surface area contributed by atoms with E-state index < -0.39 is 0 Å². The number of carbonyl (C=O) groups is 1. The number of benzene rings is 1. The van der Waals surface area contributed by atoms with Crippen LogP contribution in [0.1, 0.15) is 71.9 Å². The number of hydrogen-bond donors (Lipinski definition) is 5. The van der Waals surface area contributed by atoms with Crippen LogP contribution in [0.4, 0.5) is 5.69 Å². The number of aromatic amines is 1. The largest absolute Gasteiger partial charge is 0.395 e. The predicted molar refractivity (Wildman–Crippen MR) is 135 cm³/mol. The number of allylic oxidation sites excluding steroid dienone is 2. The van der Waals surface area contributed by atoms with Gasteiger partial charge in [-0.25, -0.2) is 4.98 Å². The molecule has 1 fully saturated rings. The Morgan fingerprint density at radius 1 is 1.31 bits per heavy atom. The third-order valence-corrected chi connectivity index (χ3v) is 6.77. The van der Waals surface area contributed by atoms with Crippen molar-refractivity contribution in [2.75, 3.05) is 38.1 Å². The van der Waals surface area contributed by atoms with E-state index in [1.807, 2.05) is 12.1 Å². The van der Waals surface area contributed by atoms with Crippen molar-refractivity contribution < 1.29 is 9.90 Å². The minimum absolute atomic E-state index is 0.0764. The van der Waals surface area contributed by atoms with Gasteiger partial charge in [-0.2, -0.15) is 5.26 Å². The van der Waals surface area contributed by atoms with Crippen LogP contribution in [-0.4, -0.2) is 64.5 Å². The number of amidine groups is 1.